The van der Waals surface area contributed by atoms with Gasteiger partial charge in [0, 0.05) is 86.4 Å². The van der Waals surface area contributed by atoms with E-state index >= 15 is 0 Å². The summed E-state index contributed by atoms with van der Waals surface area (Å²) in [5, 5.41) is 11.8. The number of fused-ring (bicyclic) bond motifs is 3. The number of piperazine rings is 1. The first-order valence-electron chi connectivity index (χ1n) is 20.0. The molecule has 0 bridgehead atoms. The molecule has 0 radical (unpaired) electrons. The SMILES string of the molecule is CC1(C)[C@H](Oc2ccc(C#N)c(Cl)c2)C(C)(C)[C@H]1N1Cc2cc(N3CCN(CC(=O)N4Cc5cc6c(cc5C4)C(=O)N(C4CCC(=O)NC4=O)C6=O)CC3)ccc2C1=O. The highest BCUT2D eigenvalue weighted by Gasteiger charge is 2.67. The van der Waals surface area contributed by atoms with Gasteiger partial charge >= 0.3 is 0 Å². The van der Waals surface area contributed by atoms with Crippen molar-refractivity contribution in [3.63, 3.8) is 0 Å². The van der Waals surface area contributed by atoms with Crippen molar-refractivity contribution in [3.05, 3.63) is 92.5 Å². The smallest absolute Gasteiger partial charge is 0.262 e. The van der Waals surface area contributed by atoms with Gasteiger partial charge in [-0.3, -0.25) is 43.9 Å². The fraction of sp³-hybridized carbons (Fsp3) is 0.432. The monoisotopic (exact) mass is 817 g/mol. The van der Waals surface area contributed by atoms with E-state index in [0.29, 0.717) is 67.7 Å². The van der Waals surface area contributed by atoms with Crippen LogP contribution in [0, 0.1) is 22.2 Å². The van der Waals surface area contributed by atoms with Crippen molar-refractivity contribution < 1.29 is 33.5 Å². The summed E-state index contributed by atoms with van der Waals surface area (Å²) in [6.45, 7) is 12.7. The molecule has 3 fully saturated rings. The van der Waals surface area contributed by atoms with Gasteiger partial charge in [0.1, 0.15) is 24.0 Å². The number of nitrogens with one attached hydrogen (secondary N) is 1. The highest BCUT2D eigenvalue weighted by molar-refractivity contribution is 6.31. The number of hydrogen-bond donors (Lipinski definition) is 1. The Balaban J connectivity index is 0.793. The molecule has 1 saturated carbocycles. The van der Waals surface area contributed by atoms with Crippen LogP contribution in [-0.2, 0) is 34.0 Å². The average molecular weight is 818 g/mol. The fourth-order valence-electron chi connectivity index (χ4n) is 10.7. The summed E-state index contributed by atoms with van der Waals surface area (Å²) in [6.07, 6.45) is -0.0502. The maximum absolute atomic E-state index is 13.9. The predicted molar refractivity (Wildman–Crippen MR) is 214 cm³/mol. The van der Waals surface area contributed by atoms with Gasteiger partial charge in [0.25, 0.3) is 17.7 Å². The lowest BCUT2D eigenvalue weighted by Crippen LogP contribution is -2.74. The number of benzene rings is 3. The fourth-order valence-corrected chi connectivity index (χ4v) is 11.0. The summed E-state index contributed by atoms with van der Waals surface area (Å²) >= 11 is 6.29. The predicted octanol–water partition coefficient (Wildman–Crippen LogP) is 4.12. The molecule has 5 heterocycles. The first-order valence-corrected chi connectivity index (χ1v) is 20.4. The van der Waals surface area contributed by atoms with E-state index in [2.05, 4.69) is 54.9 Å². The minimum absolute atomic E-state index is 0.0157. The van der Waals surface area contributed by atoms with E-state index in [1.54, 1.807) is 35.2 Å². The molecular formula is C44H44ClN7O7. The molecule has 3 aromatic carbocycles. The maximum atomic E-state index is 13.9. The zero-order valence-electron chi connectivity index (χ0n) is 33.3. The van der Waals surface area contributed by atoms with Crippen molar-refractivity contribution in [3.8, 4) is 11.8 Å². The minimum Gasteiger partial charge on any atom is -0.489 e. The second-order valence-electron chi connectivity index (χ2n) is 17.7. The lowest BCUT2D eigenvalue weighted by Gasteiger charge is -2.65. The van der Waals surface area contributed by atoms with Crippen molar-refractivity contribution >= 4 is 52.7 Å². The third-order valence-electron chi connectivity index (χ3n) is 13.2. The number of halogens is 1. The van der Waals surface area contributed by atoms with Crippen molar-refractivity contribution in [1.82, 2.24) is 24.9 Å². The Bertz CT molecular complexity index is 2370. The van der Waals surface area contributed by atoms with E-state index < -0.39 is 29.7 Å². The lowest BCUT2D eigenvalue weighted by molar-refractivity contribution is -0.199. The molecule has 9 rings (SSSR count). The van der Waals surface area contributed by atoms with Crippen LogP contribution in [0.25, 0.3) is 0 Å². The van der Waals surface area contributed by atoms with Gasteiger partial charge in [-0.25, -0.2) is 0 Å². The summed E-state index contributed by atoms with van der Waals surface area (Å²) in [5.41, 5.74) is 4.43. The Morgan fingerprint density at radius 3 is 2.10 bits per heavy atom. The zero-order chi connectivity index (χ0) is 41.7. The maximum Gasteiger partial charge on any atom is 0.262 e. The molecule has 6 aliphatic rings. The Hall–Kier alpha value is -5.78. The molecule has 3 aromatic rings. The standard InChI is InChI=1S/C44H44ClN7O7/c1-43(2)41(44(3,4)42(43)59-29-7-5-24(19-46)33(45)18-29)51-22-27-15-28(6-8-30(27)38(51)56)49-13-11-48(12-14-49)23-36(54)50-20-25-16-31-32(17-26(25)21-50)40(58)52(39(31)57)34-9-10-35(53)47-37(34)55/h5-8,15-18,34,41-42H,9-14,20-23H2,1-4H3,(H,47,53,55)/t34?,41-,42-. The van der Waals surface area contributed by atoms with Gasteiger partial charge in [-0.1, -0.05) is 39.3 Å². The molecule has 6 amide bonds. The van der Waals surface area contributed by atoms with Gasteiger partial charge in [-0.05, 0) is 65.6 Å². The van der Waals surface area contributed by atoms with Gasteiger partial charge in [-0.2, -0.15) is 5.26 Å². The molecule has 14 nitrogen and oxygen atoms in total. The first kappa shape index (κ1) is 38.7. The van der Waals surface area contributed by atoms with E-state index in [1.807, 2.05) is 17.0 Å². The normalized spacial score (nSPS) is 24.4. The number of carbonyl (C=O) groups excluding carboxylic acids is 6. The van der Waals surface area contributed by atoms with Crippen LogP contribution < -0.4 is 15.0 Å². The van der Waals surface area contributed by atoms with Crippen LogP contribution in [0.3, 0.4) is 0 Å². The Morgan fingerprint density at radius 1 is 0.831 bits per heavy atom. The summed E-state index contributed by atoms with van der Waals surface area (Å²) < 4.78 is 6.48. The Morgan fingerprint density at radius 2 is 1.49 bits per heavy atom. The molecule has 1 N–H and O–H groups in total. The molecule has 304 valence electrons. The molecular weight excluding hydrogens is 774 g/mol. The molecule has 1 aliphatic carbocycles. The van der Waals surface area contributed by atoms with Crippen LogP contribution in [-0.4, -0.2) is 106 Å². The van der Waals surface area contributed by atoms with Crippen molar-refractivity contribution in [2.75, 3.05) is 37.6 Å². The number of piperidine rings is 1. The van der Waals surface area contributed by atoms with Crippen molar-refractivity contribution in [2.45, 2.75) is 78.4 Å². The topological polar surface area (TPSA) is 164 Å². The first-order chi connectivity index (χ1) is 28.1. The van der Waals surface area contributed by atoms with Crippen LogP contribution in [0.4, 0.5) is 5.69 Å². The number of ether oxygens (including phenoxy) is 1. The van der Waals surface area contributed by atoms with E-state index in [9.17, 15) is 34.0 Å². The Labute approximate surface area is 346 Å². The summed E-state index contributed by atoms with van der Waals surface area (Å²) in [4.78, 5) is 87.3. The second kappa shape index (κ2) is 13.9. The van der Waals surface area contributed by atoms with Gasteiger partial charge in [-0.15, -0.1) is 0 Å². The van der Waals surface area contributed by atoms with Gasteiger partial charge in [0.15, 0.2) is 0 Å². The number of rotatable bonds is 7. The zero-order valence-corrected chi connectivity index (χ0v) is 34.1. The highest BCUT2D eigenvalue weighted by atomic mass is 35.5. The molecule has 5 aliphatic heterocycles. The number of hydrogen-bond acceptors (Lipinski definition) is 10. The average Bonchev–Trinajstić information content (AvgIpc) is 3.83. The summed E-state index contributed by atoms with van der Waals surface area (Å²) in [6, 6.07) is 15.5. The van der Waals surface area contributed by atoms with E-state index in [-0.39, 0.29) is 65.3 Å². The molecule has 2 saturated heterocycles. The molecule has 59 heavy (non-hydrogen) atoms. The number of nitriles is 1. The third kappa shape index (κ3) is 6.25. The Kier molecular flexibility index (Phi) is 9.13. The second-order valence-corrected chi connectivity index (χ2v) is 18.1. The number of imide groups is 2. The van der Waals surface area contributed by atoms with Crippen molar-refractivity contribution in [1.29, 1.82) is 5.26 Å². The van der Waals surface area contributed by atoms with Crippen LogP contribution in [0.1, 0.15) is 93.9 Å². The molecule has 1 atom stereocenters. The number of anilines is 1. The van der Waals surface area contributed by atoms with Crippen LogP contribution in [0.15, 0.2) is 48.5 Å². The molecule has 1 unspecified atom stereocenters. The minimum atomic E-state index is -1.03. The van der Waals surface area contributed by atoms with E-state index in [1.165, 1.54) is 0 Å². The highest BCUT2D eigenvalue weighted by Crippen LogP contribution is 2.59. The van der Waals surface area contributed by atoms with Crippen LogP contribution in [0.5, 0.6) is 5.75 Å². The van der Waals surface area contributed by atoms with Crippen molar-refractivity contribution in [2.24, 2.45) is 10.8 Å². The molecule has 15 heteroatoms. The van der Waals surface area contributed by atoms with Crippen LogP contribution >= 0.6 is 11.6 Å². The number of amides is 6. The van der Waals surface area contributed by atoms with Crippen LogP contribution in [0.2, 0.25) is 5.02 Å². The third-order valence-corrected chi connectivity index (χ3v) is 13.6. The largest absolute Gasteiger partial charge is 0.489 e. The van der Waals surface area contributed by atoms with Gasteiger partial charge in [0.2, 0.25) is 17.7 Å². The number of nitrogens with zero attached hydrogens (tertiary/aromatic N) is 6. The molecule has 0 aromatic heterocycles. The molecule has 0 spiro atoms. The summed E-state index contributed by atoms with van der Waals surface area (Å²) in [5.74, 6) is -1.62. The summed E-state index contributed by atoms with van der Waals surface area (Å²) in [7, 11) is 0. The van der Waals surface area contributed by atoms with E-state index in [4.69, 9.17) is 16.3 Å². The number of carbonyl (C=O) groups is 6. The van der Waals surface area contributed by atoms with Gasteiger partial charge < -0.3 is 19.4 Å². The van der Waals surface area contributed by atoms with Gasteiger partial charge in [0.05, 0.1) is 28.3 Å². The van der Waals surface area contributed by atoms with E-state index in [0.717, 1.165) is 27.3 Å². The lowest BCUT2D eigenvalue weighted by atomic mass is 9.49. The quantitative estimate of drug-likeness (QED) is 0.344.